The van der Waals surface area contributed by atoms with Crippen molar-refractivity contribution in [1.82, 2.24) is 9.55 Å². The van der Waals surface area contributed by atoms with E-state index in [2.05, 4.69) is 25.3 Å². The van der Waals surface area contributed by atoms with E-state index >= 15 is 0 Å². The Bertz CT molecular complexity index is 572. The van der Waals surface area contributed by atoms with E-state index in [0.717, 1.165) is 47.7 Å². The molecule has 0 aliphatic rings. The van der Waals surface area contributed by atoms with Crippen molar-refractivity contribution in [2.45, 2.75) is 52.1 Å². The molecule has 1 aromatic heterocycles. The van der Waals surface area contributed by atoms with Crippen molar-refractivity contribution in [3.63, 3.8) is 0 Å². The molecule has 1 aromatic carbocycles. The number of fused-ring (bicyclic) bond motifs is 1. The molecule has 2 N–H and O–H groups in total. The standard InChI is InChI=1S/C15H22ClN3/c1-4-9-15(3,17)14-18-12-8-6-7-11(16)13(12)19(14)10-5-2/h6-8H,4-5,9-10,17H2,1-3H3. The predicted octanol–water partition coefficient (Wildman–Crippen LogP) is 4.07. The van der Waals surface area contributed by atoms with Crippen molar-refractivity contribution < 1.29 is 0 Å². The predicted molar refractivity (Wildman–Crippen MR) is 81.5 cm³/mol. The van der Waals surface area contributed by atoms with Crippen LogP contribution >= 0.6 is 11.6 Å². The molecule has 0 radical (unpaired) electrons. The number of hydrogen-bond acceptors (Lipinski definition) is 2. The lowest BCUT2D eigenvalue weighted by atomic mass is 9.96. The van der Waals surface area contributed by atoms with Crippen LogP contribution < -0.4 is 5.73 Å². The summed E-state index contributed by atoms with van der Waals surface area (Å²) in [4.78, 5) is 4.74. The fourth-order valence-electron chi connectivity index (χ4n) is 2.65. The van der Waals surface area contributed by atoms with Gasteiger partial charge in [0.2, 0.25) is 0 Å². The van der Waals surface area contributed by atoms with Crippen LogP contribution in [-0.2, 0) is 12.1 Å². The molecule has 0 aliphatic heterocycles. The van der Waals surface area contributed by atoms with Gasteiger partial charge in [0.25, 0.3) is 0 Å². The van der Waals surface area contributed by atoms with Gasteiger partial charge in [-0.3, -0.25) is 0 Å². The summed E-state index contributed by atoms with van der Waals surface area (Å²) in [6.45, 7) is 7.24. The van der Waals surface area contributed by atoms with Crippen LogP contribution in [-0.4, -0.2) is 9.55 Å². The maximum absolute atomic E-state index is 6.47. The van der Waals surface area contributed by atoms with Crippen molar-refractivity contribution in [3.8, 4) is 0 Å². The van der Waals surface area contributed by atoms with Crippen LogP contribution in [0.3, 0.4) is 0 Å². The lowest BCUT2D eigenvalue weighted by Gasteiger charge is -2.24. The molecule has 0 spiro atoms. The van der Waals surface area contributed by atoms with Crippen molar-refractivity contribution in [1.29, 1.82) is 0 Å². The third-order valence-corrected chi connectivity index (χ3v) is 3.75. The highest BCUT2D eigenvalue weighted by atomic mass is 35.5. The Labute approximate surface area is 119 Å². The average molecular weight is 280 g/mol. The lowest BCUT2D eigenvalue weighted by molar-refractivity contribution is 0.400. The van der Waals surface area contributed by atoms with Crippen LogP contribution in [0.15, 0.2) is 18.2 Å². The minimum absolute atomic E-state index is 0.410. The van der Waals surface area contributed by atoms with Crippen molar-refractivity contribution in [2.75, 3.05) is 0 Å². The summed E-state index contributed by atoms with van der Waals surface area (Å²) in [7, 11) is 0. The Morgan fingerprint density at radius 2 is 2.05 bits per heavy atom. The molecule has 1 atom stereocenters. The van der Waals surface area contributed by atoms with E-state index in [9.17, 15) is 0 Å². The summed E-state index contributed by atoms with van der Waals surface area (Å²) in [5, 5.41) is 0.747. The Kier molecular flexibility index (Phi) is 4.16. The van der Waals surface area contributed by atoms with Gasteiger partial charge >= 0.3 is 0 Å². The number of imidazole rings is 1. The van der Waals surface area contributed by atoms with Crippen LogP contribution in [0.25, 0.3) is 11.0 Å². The van der Waals surface area contributed by atoms with Crippen LogP contribution in [0.5, 0.6) is 0 Å². The zero-order valence-corrected chi connectivity index (χ0v) is 12.7. The highest BCUT2D eigenvalue weighted by molar-refractivity contribution is 6.35. The van der Waals surface area contributed by atoms with Crippen LogP contribution in [0.1, 0.15) is 45.9 Å². The molecule has 0 saturated heterocycles. The summed E-state index contributed by atoms with van der Waals surface area (Å²) >= 11 is 6.34. The number of nitrogens with two attached hydrogens (primary N) is 1. The molecular formula is C15H22ClN3. The fourth-order valence-corrected chi connectivity index (χ4v) is 2.92. The Morgan fingerprint density at radius 1 is 1.32 bits per heavy atom. The second kappa shape index (κ2) is 5.51. The smallest absolute Gasteiger partial charge is 0.129 e. The van der Waals surface area contributed by atoms with Gasteiger partial charge in [-0.15, -0.1) is 0 Å². The average Bonchev–Trinajstić information content (AvgIpc) is 2.71. The molecule has 0 saturated carbocycles. The van der Waals surface area contributed by atoms with Gasteiger partial charge < -0.3 is 10.3 Å². The van der Waals surface area contributed by atoms with Crippen LogP contribution in [0, 0.1) is 0 Å². The molecule has 2 aromatic rings. The molecule has 1 heterocycles. The van der Waals surface area contributed by atoms with Gasteiger partial charge in [-0.1, -0.05) is 37.9 Å². The first-order valence-corrected chi connectivity index (χ1v) is 7.33. The first-order valence-electron chi connectivity index (χ1n) is 6.95. The van der Waals surface area contributed by atoms with Gasteiger partial charge in [-0.25, -0.2) is 4.98 Å². The summed E-state index contributed by atoms with van der Waals surface area (Å²) in [6, 6.07) is 5.85. The Hall–Kier alpha value is -1.06. The van der Waals surface area contributed by atoms with E-state index in [1.807, 2.05) is 18.2 Å². The normalized spacial score (nSPS) is 14.8. The number of aromatic nitrogens is 2. The number of benzene rings is 1. The summed E-state index contributed by atoms with van der Waals surface area (Å²) in [5.74, 6) is 0.944. The molecule has 0 fully saturated rings. The van der Waals surface area contributed by atoms with Crippen molar-refractivity contribution in [3.05, 3.63) is 29.0 Å². The van der Waals surface area contributed by atoms with E-state index in [0.29, 0.717) is 0 Å². The highest BCUT2D eigenvalue weighted by Gasteiger charge is 2.27. The van der Waals surface area contributed by atoms with E-state index in [4.69, 9.17) is 22.3 Å². The fraction of sp³-hybridized carbons (Fsp3) is 0.533. The SMILES string of the molecule is CCCn1c(C(C)(N)CCC)nc2cccc(Cl)c21. The number of para-hydroxylation sites is 1. The summed E-state index contributed by atoms with van der Waals surface area (Å²) < 4.78 is 2.19. The number of nitrogens with zero attached hydrogens (tertiary/aromatic N) is 2. The van der Waals surface area contributed by atoms with Gasteiger partial charge in [0.15, 0.2) is 0 Å². The third kappa shape index (κ3) is 2.63. The molecule has 4 heteroatoms. The van der Waals surface area contributed by atoms with E-state index in [1.54, 1.807) is 0 Å². The molecule has 0 aliphatic carbocycles. The monoisotopic (exact) mass is 279 g/mol. The Morgan fingerprint density at radius 3 is 2.68 bits per heavy atom. The lowest BCUT2D eigenvalue weighted by Crippen LogP contribution is -2.36. The first kappa shape index (κ1) is 14.4. The summed E-state index contributed by atoms with van der Waals surface area (Å²) in [5.41, 5.74) is 8.00. The molecular weight excluding hydrogens is 258 g/mol. The molecule has 1 unspecified atom stereocenters. The topological polar surface area (TPSA) is 43.8 Å². The van der Waals surface area contributed by atoms with E-state index < -0.39 is 5.54 Å². The second-order valence-corrected chi connectivity index (χ2v) is 5.77. The number of hydrogen-bond donors (Lipinski definition) is 1. The van der Waals surface area contributed by atoms with Crippen LogP contribution in [0.2, 0.25) is 5.02 Å². The van der Waals surface area contributed by atoms with Crippen molar-refractivity contribution in [2.24, 2.45) is 5.73 Å². The Balaban J connectivity index is 2.66. The third-order valence-electron chi connectivity index (χ3n) is 3.44. The van der Waals surface area contributed by atoms with Gasteiger partial charge in [0.1, 0.15) is 5.82 Å². The zero-order chi connectivity index (χ0) is 14.0. The van der Waals surface area contributed by atoms with Gasteiger partial charge in [-0.05, 0) is 31.9 Å². The van der Waals surface area contributed by atoms with Gasteiger partial charge in [0.05, 0.1) is 21.6 Å². The minimum atomic E-state index is -0.410. The largest absolute Gasteiger partial charge is 0.325 e. The maximum atomic E-state index is 6.47. The second-order valence-electron chi connectivity index (χ2n) is 5.36. The maximum Gasteiger partial charge on any atom is 0.129 e. The van der Waals surface area contributed by atoms with Gasteiger partial charge in [0, 0.05) is 6.54 Å². The molecule has 19 heavy (non-hydrogen) atoms. The molecule has 0 bridgehead atoms. The van der Waals surface area contributed by atoms with Gasteiger partial charge in [-0.2, -0.15) is 0 Å². The molecule has 3 nitrogen and oxygen atoms in total. The number of aryl methyl sites for hydroxylation is 1. The molecule has 104 valence electrons. The summed E-state index contributed by atoms with van der Waals surface area (Å²) in [6.07, 6.45) is 2.99. The molecule has 0 amide bonds. The van der Waals surface area contributed by atoms with Crippen LogP contribution in [0.4, 0.5) is 0 Å². The quantitative estimate of drug-likeness (QED) is 0.896. The van der Waals surface area contributed by atoms with Crippen molar-refractivity contribution >= 4 is 22.6 Å². The van der Waals surface area contributed by atoms with E-state index in [-0.39, 0.29) is 0 Å². The number of halogens is 1. The number of rotatable bonds is 5. The zero-order valence-electron chi connectivity index (χ0n) is 11.9. The first-order chi connectivity index (χ1) is 9.01. The van der Waals surface area contributed by atoms with E-state index in [1.165, 1.54) is 0 Å². The highest BCUT2D eigenvalue weighted by Crippen LogP contribution is 2.30. The molecule has 2 rings (SSSR count). The minimum Gasteiger partial charge on any atom is -0.325 e.